The first-order valence-corrected chi connectivity index (χ1v) is 10.6. The predicted octanol–water partition coefficient (Wildman–Crippen LogP) is 5.80. The summed E-state index contributed by atoms with van der Waals surface area (Å²) in [5.74, 6) is -2.08. The highest BCUT2D eigenvalue weighted by Crippen LogP contribution is 2.42. The van der Waals surface area contributed by atoms with Crippen LogP contribution in [0.3, 0.4) is 0 Å². The van der Waals surface area contributed by atoms with Gasteiger partial charge < -0.3 is 19.0 Å². The van der Waals surface area contributed by atoms with Crippen LogP contribution < -0.4 is 11.3 Å². The molecule has 2 N–H and O–H groups in total. The molecule has 0 amide bonds. The lowest BCUT2D eigenvalue weighted by molar-refractivity contribution is 0.441. The standard InChI is InChI=1S/C25H14Cl2O6/c26-13-9-12(10-14(27)11-13)19(20-22(28)15-5-1-3-7-17(15)32-24(20)30)21-23(29)16-6-2-4-8-18(16)33-25(21)31/h1-11,19,28-29H. The minimum atomic E-state index is -1.29. The summed E-state index contributed by atoms with van der Waals surface area (Å²) < 4.78 is 10.9. The van der Waals surface area contributed by atoms with Crippen LogP contribution in [-0.4, -0.2) is 10.2 Å². The number of halogens is 2. The Labute approximate surface area is 195 Å². The Morgan fingerprint density at radius 2 is 1.09 bits per heavy atom. The molecule has 164 valence electrons. The summed E-state index contributed by atoms with van der Waals surface area (Å²) in [5.41, 5.74) is -1.68. The zero-order valence-electron chi connectivity index (χ0n) is 16.7. The van der Waals surface area contributed by atoms with Crippen LogP contribution in [0.2, 0.25) is 10.0 Å². The monoisotopic (exact) mass is 480 g/mol. The van der Waals surface area contributed by atoms with Crippen molar-refractivity contribution in [3.63, 3.8) is 0 Å². The number of fused-ring (bicyclic) bond motifs is 2. The lowest BCUT2D eigenvalue weighted by atomic mass is 9.84. The Hall–Kier alpha value is -3.74. The highest BCUT2D eigenvalue weighted by molar-refractivity contribution is 6.34. The molecule has 3 aromatic carbocycles. The maximum atomic E-state index is 13.1. The van der Waals surface area contributed by atoms with Gasteiger partial charge in [-0.25, -0.2) is 9.59 Å². The Morgan fingerprint density at radius 1 is 0.667 bits per heavy atom. The molecule has 0 aliphatic carbocycles. The van der Waals surface area contributed by atoms with Gasteiger partial charge in [-0.1, -0.05) is 47.5 Å². The number of aromatic hydroxyl groups is 2. The second kappa shape index (κ2) is 7.99. The van der Waals surface area contributed by atoms with Crippen molar-refractivity contribution in [2.45, 2.75) is 5.92 Å². The van der Waals surface area contributed by atoms with Gasteiger partial charge in [0.2, 0.25) is 0 Å². The third-order valence-electron chi connectivity index (χ3n) is 5.44. The fraction of sp³-hybridized carbons (Fsp3) is 0.0400. The fourth-order valence-corrected chi connectivity index (χ4v) is 4.57. The Kier molecular flexibility index (Phi) is 5.12. The number of benzene rings is 3. The average molecular weight is 481 g/mol. The molecule has 2 aromatic heterocycles. The van der Waals surface area contributed by atoms with Crippen molar-refractivity contribution < 1.29 is 19.0 Å². The van der Waals surface area contributed by atoms with E-state index in [2.05, 4.69) is 0 Å². The molecule has 0 unspecified atom stereocenters. The van der Waals surface area contributed by atoms with Gasteiger partial charge in [0.25, 0.3) is 0 Å². The minimum absolute atomic E-state index is 0.168. The third kappa shape index (κ3) is 3.53. The van der Waals surface area contributed by atoms with Crippen molar-refractivity contribution in [2.75, 3.05) is 0 Å². The van der Waals surface area contributed by atoms with Crippen LogP contribution in [0.1, 0.15) is 22.6 Å². The quantitative estimate of drug-likeness (QED) is 0.316. The molecule has 0 spiro atoms. The number of hydrogen-bond acceptors (Lipinski definition) is 6. The Balaban J connectivity index is 1.93. The molecule has 6 nitrogen and oxygen atoms in total. The second-order valence-corrected chi connectivity index (χ2v) is 8.30. The fourth-order valence-electron chi connectivity index (χ4n) is 4.02. The van der Waals surface area contributed by atoms with E-state index in [0.29, 0.717) is 0 Å². The second-order valence-electron chi connectivity index (χ2n) is 7.43. The van der Waals surface area contributed by atoms with E-state index in [4.69, 9.17) is 32.0 Å². The van der Waals surface area contributed by atoms with Crippen LogP contribution in [-0.2, 0) is 0 Å². The topological polar surface area (TPSA) is 101 Å². The Morgan fingerprint density at radius 3 is 1.55 bits per heavy atom. The van der Waals surface area contributed by atoms with Gasteiger partial charge in [0, 0.05) is 10.0 Å². The molecule has 8 heteroatoms. The maximum Gasteiger partial charge on any atom is 0.344 e. The summed E-state index contributed by atoms with van der Waals surface area (Å²) >= 11 is 12.4. The van der Waals surface area contributed by atoms with Crippen LogP contribution in [0.4, 0.5) is 0 Å². The summed E-state index contributed by atoms with van der Waals surface area (Å²) in [4.78, 5) is 26.2. The van der Waals surface area contributed by atoms with Crippen molar-refractivity contribution in [3.05, 3.63) is 114 Å². The van der Waals surface area contributed by atoms with E-state index in [1.54, 1.807) is 36.4 Å². The largest absolute Gasteiger partial charge is 0.507 e. The minimum Gasteiger partial charge on any atom is -0.507 e. The SMILES string of the molecule is O=c1oc2ccccc2c(O)c1C(c1cc(Cl)cc(Cl)c1)c1c(O)c2ccccc2oc1=O. The zero-order chi connectivity index (χ0) is 23.3. The molecule has 0 bridgehead atoms. The van der Waals surface area contributed by atoms with Crippen LogP contribution in [0.15, 0.2) is 85.2 Å². The molecule has 0 aliphatic heterocycles. The normalized spacial score (nSPS) is 11.5. The first-order chi connectivity index (χ1) is 15.8. The molecule has 5 rings (SSSR count). The molecule has 2 heterocycles. The van der Waals surface area contributed by atoms with Crippen molar-refractivity contribution in [1.82, 2.24) is 0 Å². The van der Waals surface area contributed by atoms with Crippen molar-refractivity contribution in [1.29, 1.82) is 0 Å². The first kappa shape index (κ1) is 21.1. The molecule has 0 atom stereocenters. The molecule has 0 saturated carbocycles. The summed E-state index contributed by atoms with van der Waals surface area (Å²) in [6.07, 6.45) is 0. The summed E-state index contributed by atoms with van der Waals surface area (Å²) in [6, 6.07) is 17.3. The van der Waals surface area contributed by atoms with E-state index in [1.807, 2.05) is 0 Å². The predicted molar refractivity (Wildman–Crippen MR) is 126 cm³/mol. The first-order valence-electron chi connectivity index (χ1n) is 9.80. The molecule has 0 aliphatic rings. The van der Waals surface area contributed by atoms with E-state index >= 15 is 0 Å². The van der Waals surface area contributed by atoms with Crippen LogP contribution >= 0.6 is 23.2 Å². The number of hydrogen-bond donors (Lipinski definition) is 2. The molecular weight excluding hydrogens is 467 g/mol. The highest BCUT2D eigenvalue weighted by atomic mass is 35.5. The van der Waals surface area contributed by atoms with E-state index in [-0.39, 0.29) is 48.7 Å². The smallest absolute Gasteiger partial charge is 0.344 e. The molecule has 0 radical (unpaired) electrons. The van der Waals surface area contributed by atoms with E-state index in [9.17, 15) is 19.8 Å². The van der Waals surface area contributed by atoms with Gasteiger partial charge in [-0.15, -0.1) is 0 Å². The lowest BCUT2D eigenvalue weighted by Crippen LogP contribution is -2.21. The summed E-state index contributed by atoms with van der Waals surface area (Å²) in [6.45, 7) is 0. The van der Waals surface area contributed by atoms with Crippen LogP contribution in [0, 0.1) is 0 Å². The van der Waals surface area contributed by atoms with Gasteiger partial charge in [0.05, 0.1) is 27.8 Å². The van der Waals surface area contributed by atoms with E-state index in [1.165, 1.54) is 30.3 Å². The van der Waals surface area contributed by atoms with Gasteiger partial charge in [-0.2, -0.15) is 0 Å². The van der Waals surface area contributed by atoms with Gasteiger partial charge in [0.1, 0.15) is 22.7 Å². The Bertz CT molecular complexity index is 1550. The number of rotatable bonds is 3. The van der Waals surface area contributed by atoms with Crippen molar-refractivity contribution in [3.8, 4) is 11.5 Å². The van der Waals surface area contributed by atoms with Gasteiger partial charge >= 0.3 is 11.3 Å². The highest BCUT2D eigenvalue weighted by Gasteiger charge is 2.32. The summed E-state index contributed by atoms with van der Waals surface area (Å²) in [7, 11) is 0. The van der Waals surface area contributed by atoms with Gasteiger partial charge in [0.15, 0.2) is 0 Å². The maximum absolute atomic E-state index is 13.1. The van der Waals surface area contributed by atoms with E-state index in [0.717, 1.165) is 0 Å². The lowest BCUT2D eigenvalue weighted by Gasteiger charge is -2.20. The van der Waals surface area contributed by atoms with Crippen molar-refractivity contribution >= 4 is 45.1 Å². The molecule has 5 aromatic rings. The van der Waals surface area contributed by atoms with Crippen LogP contribution in [0.25, 0.3) is 21.9 Å². The molecule has 0 fully saturated rings. The van der Waals surface area contributed by atoms with Crippen molar-refractivity contribution in [2.24, 2.45) is 0 Å². The van der Waals surface area contributed by atoms with E-state index < -0.39 is 28.7 Å². The molecular formula is C25H14Cl2O6. The van der Waals surface area contributed by atoms with Gasteiger partial charge in [-0.05, 0) is 48.0 Å². The van der Waals surface area contributed by atoms with Gasteiger partial charge in [-0.3, -0.25) is 0 Å². The zero-order valence-corrected chi connectivity index (χ0v) is 18.2. The molecule has 0 saturated heterocycles. The molecule has 33 heavy (non-hydrogen) atoms. The third-order valence-corrected chi connectivity index (χ3v) is 5.87. The van der Waals surface area contributed by atoms with Crippen LogP contribution in [0.5, 0.6) is 11.5 Å². The average Bonchev–Trinajstić information content (AvgIpc) is 2.77. The number of para-hydroxylation sites is 2. The summed E-state index contributed by atoms with van der Waals surface area (Å²) in [5, 5.41) is 23.2.